The second-order valence-electron chi connectivity index (χ2n) is 44.1. The van der Waals surface area contributed by atoms with Crippen LogP contribution < -0.4 is 62.6 Å². The van der Waals surface area contributed by atoms with Gasteiger partial charge < -0.3 is 62.6 Å². The van der Waals surface area contributed by atoms with Gasteiger partial charge in [0.25, 0.3) is 0 Å². The van der Waals surface area contributed by atoms with Crippen LogP contribution in [0.1, 0.15) is 241 Å². The zero-order chi connectivity index (χ0) is 98.7. The van der Waals surface area contributed by atoms with Gasteiger partial charge in [0.15, 0.2) is 0 Å². The van der Waals surface area contributed by atoms with E-state index in [2.05, 4.69) is 341 Å². The number of alkyl halides is 6. The average Bonchev–Trinajstić information content (AvgIpc) is 0.714. The monoisotopic (exact) mass is 1830 g/mol. The molecule has 0 aliphatic carbocycles. The van der Waals surface area contributed by atoms with E-state index in [1.807, 2.05) is 90.1 Å². The summed E-state index contributed by atoms with van der Waals surface area (Å²) < 4.78 is 124. The quantitative estimate of drug-likeness (QED) is 0.0291. The predicted octanol–water partition coefficient (Wildman–Crippen LogP) is 31.5. The standard InChI is InChI=1S/C32H36N2O4S.C23H28F6N2.2C21H30N2.C14H24N2/c1-31(2,3)33-23-9-7-11-27(21-23)37-25-13-17-29(18-14-25)39(35,36)30-19-15-26(16-20-30)38-28-12-8-10-24(22-28)34-32(4,5)6;1-19(2,3)30-17-11-7-15(8-12-17)21(22(24,25)26,23(27,28)29)16-9-13-18(14-10-16)31-20(4,5)6;1-20(2,3)22-18-11-7-16(8-12-18)15-17-9-13-19(14-10-17)23-21(4,5)6;1-20(2,3)22-18-11-7-9-16(14-18)13-17-10-8-12-19(15-17)23-21(4,5)6;1-13(2,3)15-11-7-9-12(10-8-11)16-14(4,5)6/h7-22,33-34H,1-6H3;7-14,30-31H,1-6H3;7-14,22-23H,15H2,1-6H3;7-12,14-15,22-23H,13H2,1-6H3;7-10,15-16H,1-6H3. The number of anilines is 10. The highest BCUT2D eigenvalue weighted by atomic mass is 32.2. The van der Waals surface area contributed by atoms with E-state index in [1.54, 1.807) is 48.5 Å². The van der Waals surface area contributed by atoms with E-state index in [4.69, 9.17) is 9.47 Å². The fourth-order valence-electron chi connectivity index (χ4n) is 14.0. The van der Waals surface area contributed by atoms with Gasteiger partial charge in [0.1, 0.15) is 23.0 Å². The Bertz CT molecular complexity index is 5180. The van der Waals surface area contributed by atoms with Crippen molar-refractivity contribution in [3.63, 3.8) is 0 Å². The summed E-state index contributed by atoms with van der Waals surface area (Å²) in [6.07, 6.45) is -9.31. The highest BCUT2D eigenvalue weighted by Gasteiger charge is 2.72. The van der Waals surface area contributed by atoms with Gasteiger partial charge in [-0.15, -0.1) is 0 Å². The van der Waals surface area contributed by atoms with Gasteiger partial charge >= 0.3 is 12.4 Å². The molecule has 11 aromatic rings. The first kappa shape index (κ1) is 108. The van der Waals surface area contributed by atoms with Crippen molar-refractivity contribution in [1.82, 2.24) is 0 Å². The van der Waals surface area contributed by atoms with Crippen molar-refractivity contribution in [2.24, 2.45) is 0 Å². The molecule has 0 amide bonds. The van der Waals surface area contributed by atoms with Crippen LogP contribution in [0.15, 0.2) is 277 Å². The third kappa shape index (κ3) is 38.4. The van der Waals surface area contributed by atoms with Crippen molar-refractivity contribution in [1.29, 1.82) is 0 Å². The average molecular weight is 1830 g/mol. The maximum Gasteiger partial charge on any atom is 0.411 e. The van der Waals surface area contributed by atoms with Crippen molar-refractivity contribution in [3.8, 4) is 23.0 Å². The molecule has 0 atom stereocenters. The largest absolute Gasteiger partial charge is 0.457 e. The Kier molecular flexibility index (Phi) is 35.4. The molecule has 0 saturated carbocycles. The molecule has 0 aliphatic rings. The SMILES string of the molecule is CC(C)(C)Nc1ccc(C(c2ccc(NC(C)(C)C)cc2)(C(F)(F)F)C(F)(F)F)cc1.CC(C)(C)Nc1ccc(Cc2ccc(NC(C)(C)C)cc2)cc1.CC(C)(C)Nc1ccc(NC(C)(C)C)cc1.CC(C)(C)Nc1cccc(Cc2cccc(NC(C)(C)C)c2)c1.CC(C)(C)Nc1cccc(Oc2ccc(S(=O)(=O)c3ccc(Oc4cccc(NC(C)(C)C)c4)cc3)cc2)c1. The van der Waals surface area contributed by atoms with Gasteiger partial charge in [-0.2, -0.15) is 26.3 Å². The first-order valence-electron chi connectivity index (χ1n) is 45.1. The summed E-state index contributed by atoms with van der Waals surface area (Å²) in [5.41, 5.74) is 8.78. The van der Waals surface area contributed by atoms with Gasteiger partial charge in [-0.3, -0.25) is 0 Å². The maximum absolute atomic E-state index is 14.2. The van der Waals surface area contributed by atoms with Gasteiger partial charge in [0.2, 0.25) is 15.3 Å². The lowest BCUT2D eigenvalue weighted by Crippen LogP contribution is -2.54. The Morgan fingerprint density at radius 3 is 0.636 bits per heavy atom. The summed E-state index contributed by atoms with van der Waals surface area (Å²) in [4.78, 5) is 0.375. The van der Waals surface area contributed by atoms with Crippen LogP contribution in [0.25, 0.3) is 0 Å². The van der Waals surface area contributed by atoms with Gasteiger partial charge in [0.05, 0.1) is 9.79 Å². The number of rotatable bonds is 22. The Balaban J connectivity index is 0.000000232. The second kappa shape index (κ2) is 43.5. The smallest absolute Gasteiger partial charge is 0.411 e. The molecule has 714 valence electrons. The number of sulfone groups is 1. The Morgan fingerprint density at radius 2 is 0.409 bits per heavy atom. The lowest BCUT2D eigenvalue weighted by Gasteiger charge is -2.38. The highest BCUT2D eigenvalue weighted by molar-refractivity contribution is 7.91. The molecule has 0 aliphatic heterocycles. The van der Waals surface area contributed by atoms with Crippen molar-refractivity contribution in [3.05, 3.63) is 300 Å². The lowest BCUT2D eigenvalue weighted by molar-refractivity contribution is -0.288. The molecule has 0 radical (unpaired) electrons. The Labute approximate surface area is 786 Å². The van der Waals surface area contributed by atoms with Crippen LogP contribution in [0.4, 0.5) is 83.2 Å². The summed E-state index contributed by atoms with van der Waals surface area (Å²) >= 11 is 0. The van der Waals surface area contributed by atoms with Crippen LogP contribution in [0.5, 0.6) is 23.0 Å². The van der Waals surface area contributed by atoms with Gasteiger partial charge in [-0.25, -0.2) is 8.42 Å². The molecule has 10 N–H and O–H groups in total. The van der Waals surface area contributed by atoms with E-state index in [1.165, 1.54) is 69.3 Å². The molecule has 0 fully saturated rings. The number of halogens is 6. The molecule has 0 spiro atoms. The normalized spacial score (nSPS) is 12.5. The van der Waals surface area contributed by atoms with Crippen LogP contribution in [0.3, 0.4) is 0 Å². The van der Waals surface area contributed by atoms with Gasteiger partial charge in [-0.1, -0.05) is 84.9 Å². The summed E-state index contributed by atoms with van der Waals surface area (Å²) in [7, 11) is -3.70. The minimum Gasteiger partial charge on any atom is -0.457 e. The number of benzene rings is 11. The molecule has 11 aromatic carbocycles. The summed E-state index contributed by atoms with van der Waals surface area (Å²) in [6.45, 7) is 62.7. The van der Waals surface area contributed by atoms with Crippen LogP contribution in [-0.2, 0) is 28.1 Å². The first-order valence-corrected chi connectivity index (χ1v) is 46.6. The van der Waals surface area contributed by atoms with Crippen molar-refractivity contribution in [2.75, 3.05) is 53.2 Å². The number of ether oxygens (including phenoxy) is 2. The van der Waals surface area contributed by atoms with Crippen LogP contribution in [-0.4, -0.2) is 76.2 Å². The minimum absolute atomic E-state index is 0.0758. The molecule has 0 bridgehead atoms. The summed E-state index contributed by atoms with van der Waals surface area (Å²) in [5, 5.41) is 33.8. The molecule has 0 saturated heterocycles. The predicted molar refractivity (Wildman–Crippen MR) is 549 cm³/mol. The molecular weight excluding hydrogens is 1680 g/mol. The molecule has 14 nitrogen and oxygen atoms in total. The van der Waals surface area contributed by atoms with E-state index in [0.29, 0.717) is 34.4 Å². The summed E-state index contributed by atoms with van der Waals surface area (Å²) in [6, 6.07) is 80.0. The zero-order valence-electron chi connectivity index (χ0n) is 83.6. The Hall–Kier alpha value is -11.5. The second-order valence-corrected chi connectivity index (χ2v) is 46.0. The zero-order valence-corrected chi connectivity index (χ0v) is 84.4. The molecule has 21 heteroatoms. The topological polar surface area (TPSA) is 173 Å². The van der Waals surface area contributed by atoms with Crippen molar-refractivity contribution in [2.45, 2.75) is 304 Å². The first-order chi connectivity index (χ1) is 60.5. The minimum atomic E-state index is -5.61. The highest BCUT2D eigenvalue weighted by Crippen LogP contribution is 2.57. The summed E-state index contributed by atoms with van der Waals surface area (Å²) in [5.74, 6) is 2.42. The number of nitrogens with one attached hydrogen (secondary N) is 10. The fraction of sp³-hybridized carbons (Fsp3) is 0.405. The van der Waals surface area contributed by atoms with E-state index >= 15 is 0 Å². The molecule has 132 heavy (non-hydrogen) atoms. The third-order valence-electron chi connectivity index (χ3n) is 18.6. The van der Waals surface area contributed by atoms with Crippen LogP contribution >= 0.6 is 0 Å². The molecule has 11 rings (SSSR count). The van der Waals surface area contributed by atoms with Crippen LogP contribution in [0.2, 0.25) is 0 Å². The van der Waals surface area contributed by atoms with Crippen LogP contribution in [0, 0.1) is 0 Å². The third-order valence-corrected chi connectivity index (χ3v) is 20.3. The molecule has 0 heterocycles. The number of hydrogen-bond donors (Lipinski definition) is 10. The molecule has 0 unspecified atom stereocenters. The van der Waals surface area contributed by atoms with Crippen molar-refractivity contribution < 1.29 is 44.2 Å². The van der Waals surface area contributed by atoms with E-state index in [-0.39, 0.29) is 54.1 Å². The Morgan fingerprint density at radius 1 is 0.212 bits per heavy atom. The van der Waals surface area contributed by atoms with E-state index in [9.17, 15) is 34.8 Å². The fourth-order valence-corrected chi connectivity index (χ4v) is 15.3. The van der Waals surface area contributed by atoms with Crippen molar-refractivity contribution >= 4 is 66.7 Å². The van der Waals surface area contributed by atoms with Gasteiger partial charge in [0, 0.05) is 124 Å². The molecule has 0 aromatic heterocycles. The lowest BCUT2D eigenvalue weighted by atomic mass is 9.73. The maximum atomic E-state index is 14.2. The molecular formula is C111H148F6N10O4S. The number of hydrogen-bond acceptors (Lipinski definition) is 14. The van der Waals surface area contributed by atoms with Gasteiger partial charge in [-0.05, 0) is 424 Å². The van der Waals surface area contributed by atoms with E-state index in [0.717, 1.165) is 59.9 Å². The van der Waals surface area contributed by atoms with E-state index < -0.39 is 49.8 Å².